The van der Waals surface area contributed by atoms with Crippen molar-refractivity contribution < 1.29 is 14.3 Å². The first-order chi connectivity index (χ1) is 7.92. The zero-order chi connectivity index (χ0) is 12.9. The lowest BCUT2D eigenvalue weighted by atomic mass is 10.2. The Morgan fingerprint density at radius 2 is 2.24 bits per heavy atom. The summed E-state index contributed by atoms with van der Waals surface area (Å²) in [5.74, 6) is 0.422. The van der Waals surface area contributed by atoms with E-state index in [-0.39, 0.29) is 12.5 Å². The molecule has 0 amide bonds. The standard InChI is InChI=1S/C12H18N2O3/c1-12(2,3)17-11(16)9-14-7-6-13-10(14)5-4-8-15/h6-8H,4-5,9H2,1-3H3. The molecule has 0 unspecified atom stereocenters. The van der Waals surface area contributed by atoms with Crippen LogP contribution in [0.3, 0.4) is 0 Å². The van der Waals surface area contributed by atoms with Gasteiger partial charge in [-0.1, -0.05) is 0 Å². The van der Waals surface area contributed by atoms with Crippen LogP contribution in [0.1, 0.15) is 33.0 Å². The van der Waals surface area contributed by atoms with Crippen LogP contribution in [-0.2, 0) is 27.3 Å². The van der Waals surface area contributed by atoms with Gasteiger partial charge in [-0.2, -0.15) is 0 Å². The number of hydrogen-bond acceptors (Lipinski definition) is 4. The van der Waals surface area contributed by atoms with Gasteiger partial charge in [0.15, 0.2) is 0 Å². The van der Waals surface area contributed by atoms with Gasteiger partial charge in [-0.25, -0.2) is 4.98 Å². The van der Waals surface area contributed by atoms with Crippen molar-refractivity contribution in [2.75, 3.05) is 0 Å². The summed E-state index contributed by atoms with van der Waals surface area (Å²) in [6, 6.07) is 0. The van der Waals surface area contributed by atoms with Crippen LogP contribution in [0.25, 0.3) is 0 Å². The molecule has 0 aromatic carbocycles. The predicted molar refractivity (Wildman–Crippen MR) is 62.5 cm³/mol. The highest BCUT2D eigenvalue weighted by molar-refractivity contribution is 5.69. The second kappa shape index (κ2) is 5.61. The second-order valence-corrected chi connectivity index (χ2v) is 4.76. The molecule has 0 spiro atoms. The van der Waals surface area contributed by atoms with E-state index >= 15 is 0 Å². The molecule has 0 aliphatic carbocycles. The fourth-order valence-electron chi connectivity index (χ4n) is 1.41. The molecule has 0 saturated carbocycles. The Morgan fingerprint density at radius 1 is 1.53 bits per heavy atom. The summed E-state index contributed by atoms with van der Waals surface area (Å²) in [7, 11) is 0. The first kappa shape index (κ1) is 13.4. The topological polar surface area (TPSA) is 61.2 Å². The third-order valence-electron chi connectivity index (χ3n) is 2.01. The average molecular weight is 238 g/mol. The number of aldehydes is 1. The van der Waals surface area contributed by atoms with Crippen LogP contribution >= 0.6 is 0 Å². The van der Waals surface area contributed by atoms with Crippen molar-refractivity contribution in [2.45, 2.75) is 45.8 Å². The van der Waals surface area contributed by atoms with Crippen molar-refractivity contribution in [2.24, 2.45) is 0 Å². The van der Waals surface area contributed by atoms with E-state index in [1.165, 1.54) is 0 Å². The van der Waals surface area contributed by atoms with Gasteiger partial charge in [0.05, 0.1) is 0 Å². The van der Waals surface area contributed by atoms with Gasteiger partial charge in [-0.05, 0) is 20.8 Å². The summed E-state index contributed by atoms with van der Waals surface area (Å²) >= 11 is 0. The summed E-state index contributed by atoms with van der Waals surface area (Å²) in [6.07, 6.45) is 5.12. The summed E-state index contributed by atoms with van der Waals surface area (Å²) in [5, 5.41) is 0. The average Bonchev–Trinajstić information content (AvgIpc) is 2.59. The summed E-state index contributed by atoms with van der Waals surface area (Å²) in [5.41, 5.74) is -0.485. The second-order valence-electron chi connectivity index (χ2n) is 4.76. The highest BCUT2D eigenvalue weighted by Crippen LogP contribution is 2.08. The molecule has 17 heavy (non-hydrogen) atoms. The number of hydrogen-bond donors (Lipinski definition) is 0. The van der Waals surface area contributed by atoms with E-state index < -0.39 is 5.60 Å². The van der Waals surface area contributed by atoms with Gasteiger partial charge in [0.1, 0.15) is 24.3 Å². The number of nitrogens with zero attached hydrogens (tertiary/aromatic N) is 2. The zero-order valence-corrected chi connectivity index (χ0v) is 10.5. The van der Waals surface area contributed by atoms with Crippen LogP contribution < -0.4 is 0 Å². The molecule has 0 bridgehead atoms. The molecule has 0 aliphatic heterocycles. The van der Waals surface area contributed by atoms with Crippen LogP contribution in [0.4, 0.5) is 0 Å². The Bertz CT molecular complexity index is 391. The largest absolute Gasteiger partial charge is 0.459 e. The van der Waals surface area contributed by atoms with Gasteiger partial charge >= 0.3 is 5.97 Å². The molecule has 0 aliphatic rings. The van der Waals surface area contributed by atoms with Crippen molar-refractivity contribution in [3.8, 4) is 0 Å². The molecule has 1 heterocycles. The van der Waals surface area contributed by atoms with Gasteiger partial charge in [-0.3, -0.25) is 4.79 Å². The number of ether oxygens (including phenoxy) is 1. The van der Waals surface area contributed by atoms with Crippen LogP contribution in [0.15, 0.2) is 12.4 Å². The molecule has 1 aromatic heterocycles. The fraction of sp³-hybridized carbons (Fsp3) is 0.583. The highest BCUT2D eigenvalue weighted by atomic mass is 16.6. The van der Waals surface area contributed by atoms with Gasteiger partial charge in [0.2, 0.25) is 0 Å². The Morgan fingerprint density at radius 3 is 2.82 bits per heavy atom. The maximum absolute atomic E-state index is 11.6. The fourth-order valence-corrected chi connectivity index (χ4v) is 1.41. The number of carbonyl (C=O) groups excluding carboxylic acids is 2. The Hall–Kier alpha value is -1.65. The van der Waals surface area contributed by atoms with Crippen molar-refractivity contribution in [3.63, 3.8) is 0 Å². The number of carbonyl (C=O) groups is 2. The lowest BCUT2D eigenvalue weighted by molar-refractivity contribution is -0.155. The minimum Gasteiger partial charge on any atom is -0.459 e. The van der Waals surface area contributed by atoms with Crippen molar-refractivity contribution >= 4 is 12.3 Å². The minimum atomic E-state index is -0.485. The normalized spacial score (nSPS) is 11.2. The number of rotatable bonds is 5. The van der Waals surface area contributed by atoms with Crippen LogP contribution in [0.2, 0.25) is 0 Å². The van der Waals surface area contributed by atoms with Crippen LogP contribution in [-0.4, -0.2) is 27.4 Å². The van der Waals surface area contributed by atoms with Crippen LogP contribution in [0, 0.1) is 0 Å². The van der Waals surface area contributed by atoms with Gasteiger partial charge < -0.3 is 14.1 Å². The van der Waals surface area contributed by atoms with Crippen LogP contribution in [0.5, 0.6) is 0 Å². The summed E-state index contributed by atoms with van der Waals surface area (Å²) in [4.78, 5) is 26.0. The molecule has 0 fully saturated rings. The molecule has 0 atom stereocenters. The van der Waals surface area contributed by atoms with E-state index in [2.05, 4.69) is 4.98 Å². The first-order valence-electron chi connectivity index (χ1n) is 5.58. The van der Waals surface area contributed by atoms with E-state index in [0.717, 1.165) is 12.1 Å². The third-order valence-corrected chi connectivity index (χ3v) is 2.01. The van der Waals surface area contributed by atoms with Gasteiger partial charge in [0, 0.05) is 25.2 Å². The van der Waals surface area contributed by atoms with E-state index in [1.54, 1.807) is 17.0 Å². The Balaban J connectivity index is 2.59. The van der Waals surface area contributed by atoms with Crippen molar-refractivity contribution in [3.05, 3.63) is 18.2 Å². The predicted octanol–water partition coefficient (Wildman–Crippen LogP) is 1.36. The molecule has 5 heteroatoms. The quantitative estimate of drug-likeness (QED) is 0.574. The molecule has 5 nitrogen and oxygen atoms in total. The zero-order valence-electron chi connectivity index (χ0n) is 10.5. The maximum atomic E-state index is 11.6. The van der Waals surface area contributed by atoms with Crippen molar-refractivity contribution in [1.29, 1.82) is 0 Å². The van der Waals surface area contributed by atoms with Gasteiger partial charge in [-0.15, -0.1) is 0 Å². The first-order valence-corrected chi connectivity index (χ1v) is 5.58. The molecule has 0 N–H and O–H groups in total. The number of aryl methyl sites for hydroxylation is 1. The molecular formula is C12H18N2O3. The van der Waals surface area contributed by atoms with E-state index in [1.807, 2.05) is 20.8 Å². The van der Waals surface area contributed by atoms with E-state index in [9.17, 15) is 9.59 Å². The minimum absolute atomic E-state index is 0.130. The van der Waals surface area contributed by atoms with Gasteiger partial charge in [0.25, 0.3) is 0 Å². The third kappa shape index (κ3) is 4.80. The lowest BCUT2D eigenvalue weighted by Crippen LogP contribution is -2.26. The monoisotopic (exact) mass is 238 g/mol. The van der Waals surface area contributed by atoms with E-state index in [4.69, 9.17) is 4.74 Å². The van der Waals surface area contributed by atoms with Crippen molar-refractivity contribution in [1.82, 2.24) is 9.55 Å². The molecule has 1 rings (SSSR count). The SMILES string of the molecule is CC(C)(C)OC(=O)Cn1ccnc1CCC=O. The molecule has 0 radical (unpaired) electrons. The number of imidazole rings is 1. The van der Waals surface area contributed by atoms with E-state index in [0.29, 0.717) is 12.8 Å². The molecule has 0 saturated heterocycles. The lowest BCUT2D eigenvalue weighted by Gasteiger charge is -2.19. The maximum Gasteiger partial charge on any atom is 0.326 e. The molecular weight excluding hydrogens is 220 g/mol. The number of aromatic nitrogens is 2. The molecule has 1 aromatic rings. The number of esters is 1. The molecule has 94 valence electrons. The highest BCUT2D eigenvalue weighted by Gasteiger charge is 2.17. The smallest absolute Gasteiger partial charge is 0.326 e. The summed E-state index contributed by atoms with van der Waals surface area (Å²) in [6.45, 7) is 5.61. The Kier molecular flexibility index (Phi) is 4.43. The summed E-state index contributed by atoms with van der Waals surface area (Å²) < 4.78 is 6.92. The Labute approximate surface area is 101 Å².